The molecule has 2 nitrogen and oxygen atoms in total. The topological polar surface area (TPSA) is 30.0 Å². The zero-order valence-electron chi connectivity index (χ0n) is 8.03. The van der Waals surface area contributed by atoms with E-state index in [0.29, 0.717) is 5.01 Å². The number of carbonyl (C=O) groups excluding carboxylic acids is 1. The van der Waals surface area contributed by atoms with Crippen molar-refractivity contribution < 1.29 is 4.79 Å². The van der Waals surface area contributed by atoms with Gasteiger partial charge in [-0.1, -0.05) is 28.1 Å². The fourth-order valence-electron chi connectivity index (χ4n) is 1.22. The number of Topliss-reactive ketones (excluding diaryl/α,β-unsaturated/α-hetero) is 1. The number of aromatic nitrogens is 1. The monoisotopic (exact) mass is 281 g/mol. The van der Waals surface area contributed by atoms with E-state index in [1.807, 2.05) is 29.6 Å². The van der Waals surface area contributed by atoms with E-state index < -0.39 is 0 Å². The number of nitrogens with zero attached hydrogens (tertiary/aromatic N) is 1. The van der Waals surface area contributed by atoms with Gasteiger partial charge in [0, 0.05) is 22.3 Å². The predicted molar refractivity (Wildman–Crippen MR) is 65.3 cm³/mol. The Bertz CT molecular complexity index is 507. The SMILES string of the molecule is CC(=O)c1nc(-c2cccc(Br)c2)cs1. The molecule has 0 unspecified atom stereocenters. The Morgan fingerprint density at radius 2 is 2.27 bits per heavy atom. The quantitative estimate of drug-likeness (QED) is 0.785. The summed E-state index contributed by atoms with van der Waals surface area (Å²) in [5, 5.41) is 2.46. The van der Waals surface area contributed by atoms with E-state index in [9.17, 15) is 4.79 Å². The first-order valence-electron chi connectivity index (χ1n) is 4.39. The Morgan fingerprint density at radius 3 is 2.87 bits per heavy atom. The van der Waals surface area contributed by atoms with E-state index in [0.717, 1.165) is 15.7 Å². The first-order valence-corrected chi connectivity index (χ1v) is 6.06. The molecule has 0 N–H and O–H groups in total. The van der Waals surface area contributed by atoms with E-state index in [1.54, 1.807) is 0 Å². The van der Waals surface area contributed by atoms with E-state index in [2.05, 4.69) is 20.9 Å². The van der Waals surface area contributed by atoms with Crippen LogP contribution in [0.5, 0.6) is 0 Å². The molecule has 0 aliphatic carbocycles. The summed E-state index contributed by atoms with van der Waals surface area (Å²) in [5.41, 5.74) is 1.87. The van der Waals surface area contributed by atoms with Crippen molar-refractivity contribution in [1.29, 1.82) is 0 Å². The number of thiazole rings is 1. The molecule has 0 aliphatic heterocycles. The van der Waals surface area contributed by atoms with Gasteiger partial charge >= 0.3 is 0 Å². The molecular weight excluding hydrogens is 274 g/mol. The number of halogens is 1. The molecule has 0 aliphatic rings. The number of rotatable bonds is 2. The molecule has 1 heterocycles. The van der Waals surface area contributed by atoms with E-state index in [1.165, 1.54) is 18.3 Å². The number of ketones is 1. The molecule has 76 valence electrons. The van der Waals surface area contributed by atoms with E-state index in [-0.39, 0.29) is 5.78 Å². The van der Waals surface area contributed by atoms with E-state index >= 15 is 0 Å². The maximum atomic E-state index is 11.1. The molecular formula is C11H8BrNOS. The van der Waals surface area contributed by atoms with Gasteiger partial charge in [-0.2, -0.15) is 0 Å². The van der Waals surface area contributed by atoms with Gasteiger partial charge in [-0.15, -0.1) is 11.3 Å². The molecule has 4 heteroatoms. The second-order valence-electron chi connectivity index (χ2n) is 3.10. The van der Waals surface area contributed by atoms with Crippen LogP contribution in [0.1, 0.15) is 16.7 Å². The van der Waals surface area contributed by atoms with Crippen LogP contribution in [0.15, 0.2) is 34.1 Å². The van der Waals surface area contributed by atoms with Crippen molar-refractivity contribution in [3.05, 3.63) is 39.1 Å². The summed E-state index contributed by atoms with van der Waals surface area (Å²) in [4.78, 5) is 15.4. The lowest BCUT2D eigenvalue weighted by molar-refractivity contribution is 0.101. The molecule has 0 bridgehead atoms. The van der Waals surface area contributed by atoms with Gasteiger partial charge in [-0.3, -0.25) is 4.79 Å². The summed E-state index contributed by atoms with van der Waals surface area (Å²) in [6.45, 7) is 1.53. The Labute approximate surface area is 100 Å². The van der Waals surface area contributed by atoms with Crippen LogP contribution in [0.4, 0.5) is 0 Å². The number of benzene rings is 1. The lowest BCUT2D eigenvalue weighted by Gasteiger charge is -1.96. The zero-order valence-corrected chi connectivity index (χ0v) is 10.4. The number of hydrogen-bond acceptors (Lipinski definition) is 3. The molecule has 1 aromatic heterocycles. The number of carbonyl (C=O) groups is 1. The Morgan fingerprint density at radius 1 is 1.47 bits per heavy atom. The summed E-state index contributed by atoms with van der Waals surface area (Å²) in [6, 6.07) is 7.87. The van der Waals surface area contributed by atoms with Crippen LogP contribution >= 0.6 is 27.3 Å². The summed E-state index contributed by atoms with van der Waals surface area (Å²) in [5.74, 6) is 0.0150. The standard InChI is InChI=1S/C11H8BrNOS/c1-7(14)11-13-10(6-15-11)8-3-2-4-9(12)5-8/h2-6H,1H3. The molecule has 0 amide bonds. The van der Waals surface area contributed by atoms with Crippen molar-refractivity contribution in [3.63, 3.8) is 0 Å². The molecule has 0 saturated heterocycles. The first-order chi connectivity index (χ1) is 7.16. The highest BCUT2D eigenvalue weighted by atomic mass is 79.9. The second-order valence-corrected chi connectivity index (χ2v) is 4.88. The van der Waals surface area contributed by atoms with Crippen LogP contribution in [-0.2, 0) is 0 Å². The van der Waals surface area contributed by atoms with Crippen LogP contribution in [0.25, 0.3) is 11.3 Å². The van der Waals surface area contributed by atoms with Gasteiger partial charge in [0.05, 0.1) is 5.69 Å². The third kappa shape index (κ3) is 2.33. The fraction of sp³-hybridized carbons (Fsp3) is 0.0909. The minimum absolute atomic E-state index is 0.0150. The smallest absolute Gasteiger partial charge is 0.188 e. The lowest BCUT2D eigenvalue weighted by Crippen LogP contribution is -1.89. The zero-order chi connectivity index (χ0) is 10.8. The van der Waals surface area contributed by atoms with Crippen LogP contribution in [0.2, 0.25) is 0 Å². The summed E-state index contributed by atoms with van der Waals surface area (Å²) >= 11 is 4.79. The molecule has 0 radical (unpaired) electrons. The van der Waals surface area contributed by atoms with Gasteiger partial charge in [0.1, 0.15) is 0 Å². The van der Waals surface area contributed by atoms with Crippen molar-refractivity contribution in [1.82, 2.24) is 4.98 Å². The molecule has 1 aromatic carbocycles. The Hall–Kier alpha value is -1.000. The van der Waals surface area contributed by atoms with Crippen LogP contribution in [0, 0.1) is 0 Å². The summed E-state index contributed by atoms with van der Waals surface area (Å²) < 4.78 is 1.01. The summed E-state index contributed by atoms with van der Waals surface area (Å²) in [7, 11) is 0. The van der Waals surface area contributed by atoms with Gasteiger partial charge in [-0.05, 0) is 12.1 Å². The highest BCUT2D eigenvalue weighted by Gasteiger charge is 2.07. The van der Waals surface area contributed by atoms with Crippen molar-refractivity contribution in [2.75, 3.05) is 0 Å². The summed E-state index contributed by atoms with van der Waals surface area (Å²) in [6.07, 6.45) is 0. The van der Waals surface area contributed by atoms with Crippen LogP contribution in [0.3, 0.4) is 0 Å². The first kappa shape index (κ1) is 10.5. The molecule has 15 heavy (non-hydrogen) atoms. The van der Waals surface area contributed by atoms with Crippen LogP contribution in [-0.4, -0.2) is 10.8 Å². The fourth-order valence-corrected chi connectivity index (χ4v) is 2.34. The van der Waals surface area contributed by atoms with Gasteiger partial charge in [0.2, 0.25) is 0 Å². The van der Waals surface area contributed by atoms with E-state index in [4.69, 9.17) is 0 Å². The molecule has 0 spiro atoms. The van der Waals surface area contributed by atoms with Crippen molar-refractivity contribution in [3.8, 4) is 11.3 Å². The largest absolute Gasteiger partial charge is 0.292 e. The average Bonchev–Trinajstić information content (AvgIpc) is 2.66. The molecule has 2 rings (SSSR count). The molecule has 0 fully saturated rings. The van der Waals surface area contributed by atoms with Crippen molar-refractivity contribution in [2.24, 2.45) is 0 Å². The minimum Gasteiger partial charge on any atom is -0.292 e. The third-order valence-corrected chi connectivity index (χ3v) is 3.36. The molecule has 2 aromatic rings. The van der Waals surface area contributed by atoms with Gasteiger partial charge in [0.25, 0.3) is 0 Å². The van der Waals surface area contributed by atoms with Gasteiger partial charge in [0.15, 0.2) is 10.8 Å². The highest BCUT2D eigenvalue weighted by Crippen LogP contribution is 2.24. The average molecular weight is 282 g/mol. The highest BCUT2D eigenvalue weighted by molar-refractivity contribution is 9.10. The van der Waals surface area contributed by atoms with Crippen molar-refractivity contribution in [2.45, 2.75) is 6.92 Å². The maximum absolute atomic E-state index is 11.1. The number of hydrogen-bond donors (Lipinski definition) is 0. The third-order valence-electron chi connectivity index (χ3n) is 1.93. The van der Waals surface area contributed by atoms with Gasteiger partial charge in [-0.25, -0.2) is 4.98 Å². The normalized spacial score (nSPS) is 10.3. The van der Waals surface area contributed by atoms with Crippen molar-refractivity contribution >= 4 is 33.0 Å². The second kappa shape index (κ2) is 4.24. The maximum Gasteiger partial charge on any atom is 0.188 e. The lowest BCUT2D eigenvalue weighted by atomic mass is 10.2. The Balaban J connectivity index is 2.41. The molecule has 0 saturated carbocycles. The molecule has 0 atom stereocenters. The van der Waals surface area contributed by atoms with Gasteiger partial charge < -0.3 is 0 Å². The predicted octanol–water partition coefficient (Wildman–Crippen LogP) is 3.78. The minimum atomic E-state index is 0.0150. The Kier molecular flexibility index (Phi) is 2.98. The van der Waals surface area contributed by atoms with Crippen LogP contribution < -0.4 is 0 Å².